The molecule has 0 bridgehead atoms. The molecule has 1 aromatic carbocycles. The van der Waals surface area contributed by atoms with Gasteiger partial charge in [-0.25, -0.2) is 14.2 Å². The molecule has 1 unspecified atom stereocenters. The lowest BCUT2D eigenvalue weighted by molar-refractivity contribution is 0.170. The zero-order chi connectivity index (χ0) is 27.4. The molecule has 1 aromatic heterocycles. The molecule has 3 heterocycles. The van der Waals surface area contributed by atoms with Crippen LogP contribution in [0.2, 0.25) is 10.0 Å². The Bertz CT molecular complexity index is 1240. The van der Waals surface area contributed by atoms with Crippen molar-refractivity contribution in [3.8, 4) is 17.6 Å². The van der Waals surface area contributed by atoms with Gasteiger partial charge in [0.05, 0.1) is 10.6 Å². The molecule has 2 saturated heterocycles. The average molecular weight is 563 g/mol. The van der Waals surface area contributed by atoms with Crippen molar-refractivity contribution >= 4 is 35.1 Å². The van der Waals surface area contributed by atoms with Gasteiger partial charge in [-0.1, -0.05) is 35.0 Å². The number of amides is 2. The van der Waals surface area contributed by atoms with Gasteiger partial charge in [-0.15, -0.1) is 0 Å². The first-order valence-corrected chi connectivity index (χ1v) is 13.7. The summed E-state index contributed by atoms with van der Waals surface area (Å²) in [6.45, 7) is 9.34. The Balaban J connectivity index is 1.43. The summed E-state index contributed by atoms with van der Waals surface area (Å²) >= 11 is 12.4. The van der Waals surface area contributed by atoms with Crippen LogP contribution in [0.15, 0.2) is 24.4 Å². The van der Waals surface area contributed by atoms with Crippen LogP contribution >= 0.6 is 23.2 Å². The number of ether oxygens (including phenoxy) is 1. The minimum absolute atomic E-state index is 0.0943. The molecule has 2 aliphatic rings. The molecule has 2 aromatic rings. The Morgan fingerprint density at radius 1 is 1.29 bits per heavy atom. The molecular formula is C28H34Cl2FN5O2. The summed E-state index contributed by atoms with van der Waals surface area (Å²) in [4.78, 5) is 21.7. The number of carbonyl (C=O) groups excluding carboxylic acids is 1. The Morgan fingerprint density at radius 3 is 2.76 bits per heavy atom. The first-order valence-electron chi connectivity index (χ1n) is 12.9. The second-order valence-electron chi connectivity index (χ2n) is 10.4. The third-order valence-corrected chi connectivity index (χ3v) is 7.63. The van der Waals surface area contributed by atoms with Crippen LogP contribution in [0.4, 0.5) is 15.0 Å². The van der Waals surface area contributed by atoms with Crippen LogP contribution in [0, 0.1) is 17.7 Å². The lowest BCUT2D eigenvalue weighted by Gasteiger charge is -2.31. The van der Waals surface area contributed by atoms with E-state index in [4.69, 9.17) is 33.7 Å². The number of nitrogens with two attached hydrogens (primary N) is 1. The van der Waals surface area contributed by atoms with Gasteiger partial charge in [-0.3, -0.25) is 0 Å². The minimum Gasteiger partial charge on any atom is -0.482 e. The van der Waals surface area contributed by atoms with Crippen LogP contribution in [0.5, 0.6) is 5.75 Å². The maximum Gasteiger partial charge on any atom is 0.318 e. The van der Waals surface area contributed by atoms with Gasteiger partial charge in [0.1, 0.15) is 11.9 Å². The van der Waals surface area contributed by atoms with Crippen molar-refractivity contribution < 1.29 is 13.9 Å². The second-order valence-corrected chi connectivity index (χ2v) is 11.2. The predicted molar refractivity (Wildman–Crippen MR) is 149 cm³/mol. The van der Waals surface area contributed by atoms with Crippen LogP contribution in [0.1, 0.15) is 63.7 Å². The number of nitrogens with zero attached hydrogens (tertiary/aromatic N) is 3. The molecular weight excluding hydrogens is 528 g/mol. The number of pyridine rings is 1. The van der Waals surface area contributed by atoms with E-state index >= 15 is 0 Å². The lowest BCUT2D eigenvalue weighted by Crippen LogP contribution is -2.52. The summed E-state index contributed by atoms with van der Waals surface area (Å²) in [5.74, 6) is 6.02. The van der Waals surface area contributed by atoms with E-state index in [-0.39, 0.29) is 33.7 Å². The first kappa shape index (κ1) is 28.3. The number of nitrogen functional groups attached to an aromatic ring is 1. The van der Waals surface area contributed by atoms with E-state index in [1.54, 1.807) is 13.0 Å². The molecule has 0 spiro atoms. The zero-order valence-electron chi connectivity index (χ0n) is 22.0. The summed E-state index contributed by atoms with van der Waals surface area (Å²) in [6.07, 6.45) is 5.36. The molecule has 7 nitrogen and oxygen atoms in total. The molecule has 0 saturated carbocycles. The molecule has 3 N–H and O–H groups in total. The van der Waals surface area contributed by atoms with E-state index in [1.807, 2.05) is 18.7 Å². The van der Waals surface area contributed by atoms with E-state index in [0.29, 0.717) is 11.1 Å². The molecule has 0 radical (unpaired) electrons. The van der Waals surface area contributed by atoms with Crippen molar-refractivity contribution in [1.29, 1.82) is 0 Å². The highest BCUT2D eigenvalue weighted by atomic mass is 35.5. The lowest BCUT2D eigenvalue weighted by atomic mass is 10.1. The first-order chi connectivity index (χ1) is 18.0. The summed E-state index contributed by atoms with van der Waals surface area (Å²) in [7, 11) is 0. The van der Waals surface area contributed by atoms with Crippen LogP contribution in [-0.4, -0.2) is 58.6 Å². The van der Waals surface area contributed by atoms with Gasteiger partial charge in [0.2, 0.25) is 0 Å². The highest BCUT2D eigenvalue weighted by Gasteiger charge is 2.32. The number of hydrogen-bond acceptors (Lipinski definition) is 5. The maximum absolute atomic E-state index is 14.0. The molecule has 2 fully saturated rings. The molecule has 38 heavy (non-hydrogen) atoms. The van der Waals surface area contributed by atoms with Gasteiger partial charge in [0, 0.05) is 47.5 Å². The van der Waals surface area contributed by atoms with Gasteiger partial charge >= 0.3 is 6.03 Å². The van der Waals surface area contributed by atoms with Gasteiger partial charge in [-0.05, 0) is 71.7 Å². The fourth-order valence-electron chi connectivity index (χ4n) is 4.94. The van der Waals surface area contributed by atoms with E-state index in [0.717, 1.165) is 39.0 Å². The number of rotatable bonds is 6. The number of benzene rings is 1. The summed E-state index contributed by atoms with van der Waals surface area (Å²) in [5.41, 5.74) is 6.11. The van der Waals surface area contributed by atoms with Gasteiger partial charge in [-0.2, -0.15) is 0 Å². The second kappa shape index (κ2) is 12.0. The highest BCUT2D eigenvalue weighted by molar-refractivity contribution is 6.36. The number of hydrogen-bond donors (Lipinski definition) is 2. The van der Waals surface area contributed by atoms with Crippen LogP contribution in [-0.2, 0) is 0 Å². The van der Waals surface area contributed by atoms with E-state index in [9.17, 15) is 9.18 Å². The molecule has 2 aliphatic heterocycles. The number of nitrogens with one attached hydrogen (secondary N) is 1. The van der Waals surface area contributed by atoms with Crippen molar-refractivity contribution in [2.45, 2.75) is 64.1 Å². The van der Waals surface area contributed by atoms with Gasteiger partial charge in [0.15, 0.2) is 11.6 Å². The van der Waals surface area contributed by atoms with Crippen molar-refractivity contribution in [3.63, 3.8) is 0 Å². The number of anilines is 1. The van der Waals surface area contributed by atoms with Gasteiger partial charge < -0.3 is 25.6 Å². The topological polar surface area (TPSA) is 83.7 Å². The van der Waals surface area contributed by atoms with E-state index in [2.05, 4.69) is 27.0 Å². The van der Waals surface area contributed by atoms with Crippen molar-refractivity contribution in [3.05, 3.63) is 51.4 Å². The Morgan fingerprint density at radius 2 is 2.03 bits per heavy atom. The van der Waals surface area contributed by atoms with Crippen molar-refractivity contribution in [1.82, 2.24) is 20.1 Å². The van der Waals surface area contributed by atoms with Crippen molar-refractivity contribution in [2.24, 2.45) is 0 Å². The highest BCUT2D eigenvalue weighted by Crippen LogP contribution is 2.36. The number of likely N-dealkylation sites (tertiary alicyclic amines) is 2. The molecule has 2 atom stereocenters. The normalized spacial score (nSPS) is 18.7. The standard InChI is InChI=1S/C28H34Cl2FN5O2/c1-18(24-21(29)8-9-22(31)25(24)30)38-23-15-19(16-33-26(23)32)10-11-28(2,3)34-27(37)36-14-6-7-20(36)17-35-12-4-5-13-35/h8-9,15-16,18,20H,4-7,12-14,17H2,1-3H3,(H2,32,33)(H,34,37)/t18-,20?/m0/s1. The molecule has 204 valence electrons. The third kappa shape index (κ3) is 6.82. The quantitative estimate of drug-likeness (QED) is 0.351. The smallest absolute Gasteiger partial charge is 0.318 e. The fourth-order valence-corrected chi connectivity index (χ4v) is 5.62. The summed E-state index contributed by atoms with van der Waals surface area (Å²) < 4.78 is 19.9. The molecule has 10 heteroatoms. The Kier molecular flexibility index (Phi) is 8.92. The predicted octanol–water partition coefficient (Wildman–Crippen LogP) is 5.65. The minimum atomic E-state index is -0.782. The van der Waals surface area contributed by atoms with Gasteiger partial charge in [0.25, 0.3) is 0 Å². The largest absolute Gasteiger partial charge is 0.482 e. The summed E-state index contributed by atoms with van der Waals surface area (Å²) in [5, 5.41) is 3.25. The van der Waals surface area contributed by atoms with Crippen molar-refractivity contribution in [2.75, 3.05) is 31.9 Å². The number of urea groups is 1. The zero-order valence-corrected chi connectivity index (χ0v) is 23.5. The van der Waals surface area contributed by atoms with Crippen LogP contribution < -0.4 is 15.8 Å². The van der Waals surface area contributed by atoms with E-state index < -0.39 is 17.5 Å². The van der Waals surface area contributed by atoms with Crippen LogP contribution in [0.3, 0.4) is 0 Å². The molecule has 0 aliphatic carbocycles. The third-order valence-electron chi connectivity index (χ3n) is 6.92. The Labute approximate surface area is 233 Å². The SMILES string of the molecule is C[C@H](Oc1cc(C#CC(C)(C)NC(=O)N2CCCC2CN2CCCC2)cnc1N)c1c(Cl)ccc(F)c1Cl. The average Bonchev–Trinajstić information content (AvgIpc) is 3.55. The maximum atomic E-state index is 14.0. The molecule has 2 amide bonds. The number of halogens is 3. The summed E-state index contributed by atoms with van der Waals surface area (Å²) in [6, 6.07) is 4.42. The van der Waals surface area contributed by atoms with Crippen LogP contribution in [0.25, 0.3) is 0 Å². The number of carbonyl (C=O) groups is 1. The fraction of sp³-hybridized carbons (Fsp3) is 0.500. The number of aromatic nitrogens is 1. The Hall–Kier alpha value is -2.73. The molecule has 4 rings (SSSR count). The van der Waals surface area contributed by atoms with E-state index in [1.165, 1.54) is 31.2 Å². The monoisotopic (exact) mass is 561 g/mol.